The van der Waals surface area contributed by atoms with E-state index in [1.54, 1.807) is 42.6 Å². The van der Waals surface area contributed by atoms with Gasteiger partial charge in [0.05, 0.1) is 22.3 Å². The number of nitrogens with one attached hydrogen (secondary N) is 2. The van der Waals surface area contributed by atoms with Gasteiger partial charge in [0.2, 0.25) is 10.0 Å². The number of carbonyl (C=O) groups excluding carboxylic acids is 1. The van der Waals surface area contributed by atoms with E-state index in [2.05, 4.69) is 15.0 Å². The molecule has 184 valence electrons. The van der Waals surface area contributed by atoms with Crippen LogP contribution in [0.4, 0.5) is 18.9 Å². The zero-order valence-corrected chi connectivity index (χ0v) is 19.5. The first-order valence-electron chi connectivity index (χ1n) is 10.7. The normalized spacial score (nSPS) is 11.8. The highest BCUT2D eigenvalue weighted by molar-refractivity contribution is 7.89. The van der Waals surface area contributed by atoms with Crippen LogP contribution in [0, 0.1) is 0 Å². The van der Waals surface area contributed by atoms with Gasteiger partial charge in [-0.1, -0.05) is 36.4 Å². The predicted octanol–water partition coefficient (Wildman–Crippen LogP) is 5.50. The van der Waals surface area contributed by atoms with Crippen LogP contribution in [0.3, 0.4) is 0 Å². The minimum atomic E-state index is -4.47. The van der Waals surface area contributed by atoms with Crippen molar-refractivity contribution < 1.29 is 26.4 Å². The van der Waals surface area contributed by atoms with Gasteiger partial charge in [-0.3, -0.25) is 9.78 Å². The van der Waals surface area contributed by atoms with Gasteiger partial charge in [-0.2, -0.15) is 13.2 Å². The molecule has 0 aliphatic carbocycles. The highest BCUT2D eigenvalue weighted by atomic mass is 32.2. The van der Waals surface area contributed by atoms with E-state index in [0.29, 0.717) is 27.9 Å². The van der Waals surface area contributed by atoms with E-state index in [-0.39, 0.29) is 17.3 Å². The van der Waals surface area contributed by atoms with Crippen molar-refractivity contribution in [2.24, 2.45) is 0 Å². The Hall–Kier alpha value is -4.02. The number of sulfonamides is 1. The summed E-state index contributed by atoms with van der Waals surface area (Å²) in [5.41, 5.74) is 1.60. The predicted molar refractivity (Wildman–Crippen MR) is 130 cm³/mol. The lowest BCUT2D eigenvalue weighted by atomic mass is 10.0. The average molecular weight is 512 g/mol. The minimum absolute atomic E-state index is 0.0117. The standard InChI is InChI=1S/C26H20F3N3O3S/c27-26(28,29)22-4-1-3-21(15-22)19-10-12-24(13-11-19)36(34,35)31-16-18-6-8-20(9-7-18)25(33)32-23-5-2-14-30-17-23/h1-15,17,31H,16H2,(H,32,33). The summed E-state index contributed by atoms with van der Waals surface area (Å²) >= 11 is 0. The van der Waals surface area contributed by atoms with Gasteiger partial charge >= 0.3 is 6.18 Å². The average Bonchev–Trinajstić information content (AvgIpc) is 2.88. The first-order valence-corrected chi connectivity index (χ1v) is 12.2. The van der Waals surface area contributed by atoms with Crippen LogP contribution in [0.1, 0.15) is 21.5 Å². The molecule has 0 saturated carbocycles. The molecule has 2 N–H and O–H groups in total. The van der Waals surface area contributed by atoms with E-state index in [4.69, 9.17) is 0 Å². The Kier molecular flexibility index (Phi) is 7.18. The zero-order chi connectivity index (χ0) is 25.8. The number of hydrogen-bond donors (Lipinski definition) is 2. The molecule has 1 aromatic heterocycles. The molecule has 0 atom stereocenters. The second-order valence-electron chi connectivity index (χ2n) is 7.82. The Balaban J connectivity index is 1.39. The molecule has 36 heavy (non-hydrogen) atoms. The van der Waals surface area contributed by atoms with Gasteiger partial charge in [0, 0.05) is 18.3 Å². The smallest absolute Gasteiger partial charge is 0.321 e. The topological polar surface area (TPSA) is 88.2 Å². The van der Waals surface area contributed by atoms with Crippen LogP contribution in [0.15, 0.2) is 102 Å². The molecule has 0 unspecified atom stereocenters. The summed E-state index contributed by atoms with van der Waals surface area (Å²) in [4.78, 5) is 16.2. The monoisotopic (exact) mass is 511 g/mol. The molecular formula is C26H20F3N3O3S. The molecule has 4 aromatic rings. The Bertz CT molecular complexity index is 1460. The Labute approximate surface area is 205 Å². The third kappa shape index (κ3) is 6.15. The second kappa shape index (κ2) is 10.3. The third-order valence-electron chi connectivity index (χ3n) is 5.29. The first-order chi connectivity index (χ1) is 17.1. The third-order valence-corrected chi connectivity index (χ3v) is 6.71. The van der Waals surface area contributed by atoms with Gasteiger partial charge in [0.15, 0.2) is 0 Å². The number of anilines is 1. The number of halogens is 3. The van der Waals surface area contributed by atoms with E-state index in [1.807, 2.05) is 0 Å². The largest absolute Gasteiger partial charge is 0.416 e. The van der Waals surface area contributed by atoms with Gasteiger partial charge in [-0.25, -0.2) is 13.1 Å². The molecule has 4 rings (SSSR count). The summed E-state index contributed by atoms with van der Waals surface area (Å²) in [6.07, 6.45) is -1.35. The van der Waals surface area contributed by atoms with Crippen molar-refractivity contribution in [3.05, 3.63) is 114 Å². The number of hydrogen-bond acceptors (Lipinski definition) is 4. The quantitative estimate of drug-likeness (QED) is 0.343. The highest BCUT2D eigenvalue weighted by Crippen LogP contribution is 2.32. The van der Waals surface area contributed by atoms with Crippen molar-refractivity contribution in [3.63, 3.8) is 0 Å². The van der Waals surface area contributed by atoms with Gasteiger partial charge in [0.1, 0.15) is 0 Å². The number of benzene rings is 3. The van der Waals surface area contributed by atoms with Crippen LogP contribution >= 0.6 is 0 Å². The van der Waals surface area contributed by atoms with Crippen LogP contribution in [0.25, 0.3) is 11.1 Å². The molecule has 0 radical (unpaired) electrons. The van der Waals surface area contributed by atoms with Gasteiger partial charge in [-0.05, 0) is 65.2 Å². The molecule has 0 saturated heterocycles. The van der Waals surface area contributed by atoms with Gasteiger partial charge in [-0.15, -0.1) is 0 Å². The summed E-state index contributed by atoms with van der Waals surface area (Å²) in [5.74, 6) is -0.323. The second-order valence-corrected chi connectivity index (χ2v) is 9.59. The van der Waals surface area contributed by atoms with Crippen LogP contribution < -0.4 is 10.0 Å². The number of aromatic nitrogens is 1. The number of pyridine rings is 1. The number of alkyl halides is 3. The van der Waals surface area contributed by atoms with Crippen LogP contribution in [0.2, 0.25) is 0 Å². The first kappa shape index (κ1) is 25.1. The van der Waals surface area contributed by atoms with Crippen molar-refractivity contribution in [3.8, 4) is 11.1 Å². The fraction of sp³-hybridized carbons (Fsp3) is 0.0769. The highest BCUT2D eigenvalue weighted by Gasteiger charge is 2.30. The maximum absolute atomic E-state index is 13.0. The Morgan fingerprint density at radius 3 is 2.22 bits per heavy atom. The maximum atomic E-state index is 13.0. The van der Waals surface area contributed by atoms with Crippen molar-refractivity contribution in [2.45, 2.75) is 17.6 Å². The summed E-state index contributed by atoms with van der Waals surface area (Å²) in [5, 5.41) is 2.71. The number of nitrogens with zero attached hydrogens (tertiary/aromatic N) is 1. The van der Waals surface area contributed by atoms with Crippen molar-refractivity contribution >= 4 is 21.6 Å². The van der Waals surface area contributed by atoms with E-state index < -0.39 is 21.8 Å². The molecule has 0 bridgehead atoms. The van der Waals surface area contributed by atoms with Gasteiger partial charge < -0.3 is 5.32 Å². The molecule has 0 spiro atoms. The molecule has 1 heterocycles. The van der Waals surface area contributed by atoms with E-state index >= 15 is 0 Å². The molecule has 0 aliphatic heterocycles. The molecule has 3 aromatic carbocycles. The van der Waals surface area contributed by atoms with Crippen LogP contribution in [-0.2, 0) is 22.7 Å². The summed E-state index contributed by atoms with van der Waals surface area (Å²) < 4.78 is 66.8. The maximum Gasteiger partial charge on any atom is 0.416 e. The summed E-state index contributed by atoms with van der Waals surface area (Å²) in [7, 11) is -3.87. The molecule has 0 aliphatic rings. The molecule has 10 heteroatoms. The fourth-order valence-corrected chi connectivity index (χ4v) is 4.39. The SMILES string of the molecule is O=C(Nc1cccnc1)c1ccc(CNS(=O)(=O)c2ccc(-c3cccc(C(F)(F)F)c3)cc2)cc1. The molecular weight excluding hydrogens is 491 g/mol. The lowest BCUT2D eigenvalue weighted by Gasteiger charge is -2.10. The Morgan fingerprint density at radius 2 is 1.58 bits per heavy atom. The van der Waals surface area contributed by atoms with Crippen molar-refractivity contribution in [1.82, 2.24) is 9.71 Å². The molecule has 6 nitrogen and oxygen atoms in total. The summed E-state index contributed by atoms with van der Waals surface area (Å²) in [6.45, 7) is -0.0117. The van der Waals surface area contributed by atoms with E-state index in [9.17, 15) is 26.4 Å². The van der Waals surface area contributed by atoms with E-state index in [0.717, 1.165) is 12.1 Å². The summed E-state index contributed by atoms with van der Waals surface area (Å²) in [6, 6.07) is 20.3. The molecule has 1 amide bonds. The van der Waals surface area contributed by atoms with Crippen LogP contribution in [-0.4, -0.2) is 19.3 Å². The molecule has 0 fully saturated rings. The minimum Gasteiger partial charge on any atom is -0.321 e. The van der Waals surface area contributed by atoms with Gasteiger partial charge in [0.25, 0.3) is 5.91 Å². The fourth-order valence-electron chi connectivity index (χ4n) is 3.38. The lowest BCUT2D eigenvalue weighted by molar-refractivity contribution is -0.137. The van der Waals surface area contributed by atoms with Crippen molar-refractivity contribution in [2.75, 3.05) is 5.32 Å². The number of carbonyl (C=O) groups is 1. The van der Waals surface area contributed by atoms with Crippen molar-refractivity contribution in [1.29, 1.82) is 0 Å². The lowest BCUT2D eigenvalue weighted by Crippen LogP contribution is -2.23. The number of rotatable bonds is 7. The zero-order valence-electron chi connectivity index (χ0n) is 18.7. The van der Waals surface area contributed by atoms with Crippen LogP contribution in [0.5, 0.6) is 0 Å². The number of amides is 1. The van der Waals surface area contributed by atoms with E-state index in [1.165, 1.54) is 42.6 Å². The Morgan fingerprint density at radius 1 is 0.861 bits per heavy atom.